The fourth-order valence-corrected chi connectivity index (χ4v) is 11.8. The highest BCUT2D eigenvalue weighted by molar-refractivity contribution is 4.92. The van der Waals surface area contributed by atoms with E-state index in [1.807, 2.05) is 0 Å². The molecule has 0 aromatic carbocycles. The third kappa shape index (κ3) is 8.59. The van der Waals surface area contributed by atoms with Crippen molar-refractivity contribution in [1.29, 1.82) is 0 Å². The molecular weight excluding hydrogens is 492 g/mol. The van der Waals surface area contributed by atoms with E-state index in [0.29, 0.717) is 0 Å². The van der Waals surface area contributed by atoms with Crippen LogP contribution in [0.5, 0.6) is 0 Å². The van der Waals surface area contributed by atoms with Crippen LogP contribution in [0.25, 0.3) is 0 Å². The first-order valence-corrected chi connectivity index (χ1v) is 20.1. The van der Waals surface area contributed by atoms with Gasteiger partial charge in [-0.15, -0.1) is 0 Å². The summed E-state index contributed by atoms with van der Waals surface area (Å²) < 4.78 is 0. The molecule has 0 saturated heterocycles. The highest BCUT2D eigenvalue weighted by Gasteiger charge is 2.42. The minimum atomic E-state index is 0.984. The predicted molar refractivity (Wildman–Crippen MR) is 178 cm³/mol. The summed E-state index contributed by atoms with van der Waals surface area (Å²) in [6.07, 6.45) is 39.0. The van der Waals surface area contributed by atoms with E-state index in [0.717, 1.165) is 76.9 Å². The normalized spacial score (nSPS) is 41.2. The van der Waals surface area contributed by atoms with Crippen molar-refractivity contribution in [3.05, 3.63) is 0 Å². The van der Waals surface area contributed by atoms with Gasteiger partial charge in [-0.1, -0.05) is 130 Å². The van der Waals surface area contributed by atoms with Crippen molar-refractivity contribution in [1.82, 2.24) is 0 Å². The van der Waals surface area contributed by atoms with Crippen LogP contribution in [0.2, 0.25) is 0 Å². The van der Waals surface area contributed by atoms with Crippen molar-refractivity contribution in [2.24, 2.45) is 76.9 Å². The first kappa shape index (κ1) is 31.0. The molecule has 0 heterocycles. The molecule has 0 aromatic rings. The summed E-state index contributed by atoms with van der Waals surface area (Å²) in [6, 6.07) is 0. The predicted octanol–water partition coefficient (Wildman–Crippen LogP) is 12.9. The van der Waals surface area contributed by atoms with Crippen LogP contribution in [0.3, 0.4) is 0 Å². The zero-order valence-electron chi connectivity index (χ0n) is 28.2. The van der Waals surface area contributed by atoms with Crippen molar-refractivity contribution >= 4 is 0 Å². The van der Waals surface area contributed by atoms with Crippen LogP contribution < -0.4 is 0 Å². The molecule has 0 amide bonds. The zero-order chi connectivity index (χ0) is 28.2. The molecule has 0 aromatic heterocycles. The van der Waals surface area contributed by atoms with Gasteiger partial charge in [-0.3, -0.25) is 0 Å². The summed E-state index contributed by atoms with van der Waals surface area (Å²) in [6.45, 7) is 7.93. The molecule has 6 atom stereocenters. The van der Waals surface area contributed by atoms with Gasteiger partial charge in [0.1, 0.15) is 0 Å². The van der Waals surface area contributed by atoms with Crippen molar-refractivity contribution < 1.29 is 0 Å². The molecule has 6 unspecified atom stereocenters. The van der Waals surface area contributed by atoms with Gasteiger partial charge in [-0.2, -0.15) is 0 Å². The van der Waals surface area contributed by atoms with Crippen LogP contribution in [0.15, 0.2) is 0 Å². The minimum Gasteiger partial charge on any atom is -0.0622 e. The molecule has 41 heavy (non-hydrogen) atoms. The molecule has 0 heteroatoms. The van der Waals surface area contributed by atoms with Crippen molar-refractivity contribution in [2.45, 2.75) is 181 Å². The van der Waals surface area contributed by atoms with Gasteiger partial charge in [0.05, 0.1) is 0 Å². The van der Waals surface area contributed by atoms with Gasteiger partial charge < -0.3 is 0 Å². The Hall–Kier alpha value is 0. The lowest BCUT2D eigenvalue weighted by atomic mass is 9.65. The van der Waals surface area contributed by atoms with E-state index < -0.39 is 0 Å². The smallest absolute Gasteiger partial charge is 0.0329 e. The van der Waals surface area contributed by atoms with Crippen molar-refractivity contribution in [3.8, 4) is 0 Å². The van der Waals surface area contributed by atoms with E-state index in [1.54, 1.807) is 161 Å². The van der Waals surface area contributed by atoms with Crippen LogP contribution in [-0.2, 0) is 0 Å². The lowest BCUT2D eigenvalue weighted by Crippen LogP contribution is -2.31. The SMILES string of the molecule is CC1CCC(C(C2CCCCC(C(C)C3CC3)CCCC2)C2CC2)CCCC1C1CCCC(C(C)C2CC2)CCC1. The lowest BCUT2D eigenvalue weighted by Gasteiger charge is -2.41. The Labute approximate surface area is 257 Å². The molecule has 0 bridgehead atoms. The number of rotatable bonds is 8. The average Bonchev–Trinajstić information content (AvgIpc) is 3.81. The molecule has 0 nitrogen and oxygen atoms in total. The van der Waals surface area contributed by atoms with Gasteiger partial charge in [-0.05, 0) is 128 Å². The average molecular weight is 565 g/mol. The van der Waals surface area contributed by atoms with Gasteiger partial charge in [0.15, 0.2) is 0 Å². The Morgan fingerprint density at radius 2 is 0.683 bits per heavy atom. The van der Waals surface area contributed by atoms with Crippen LogP contribution >= 0.6 is 0 Å². The standard InChI is InChI=1S/C41H72/c1-29-21-22-38(19-10-20-40(29)36-17-8-15-33(16-9-18-36)31(3)35-25-26-35)41(39-27-28-39)37-13-6-4-11-32(12-5-7-14-37)30(2)34-23-24-34/h29-41H,4-28H2,1-3H3. The molecule has 6 rings (SSSR count). The molecule has 0 radical (unpaired) electrons. The van der Waals surface area contributed by atoms with Crippen LogP contribution in [0.1, 0.15) is 181 Å². The van der Waals surface area contributed by atoms with E-state index in [-0.39, 0.29) is 0 Å². The number of hydrogen-bond donors (Lipinski definition) is 0. The molecule has 6 saturated carbocycles. The number of hydrogen-bond acceptors (Lipinski definition) is 0. The Bertz CT molecular complexity index is 734. The van der Waals surface area contributed by atoms with Gasteiger partial charge in [-0.25, -0.2) is 0 Å². The molecule has 0 aliphatic heterocycles. The Balaban J connectivity index is 0.994. The van der Waals surface area contributed by atoms with Crippen LogP contribution in [0.4, 0.5) is 0 Å². The monoisotopic (exact) mass is 565 g/mol. The maximum atomic E-state index is 2.71. The second-order valence-corrected chi connectivity index (χ2v) is 17.7. The van der Waals surface area contributed by atoms with Crippen LogP contribution in [0, 0.1) is 76.9 Å². The largest absolute Gasteiger partial charge is 0.0622 e. The summed E-state index contributed by atoms with van der Waals surface area (Å²) in [5.41, 5.74) is 0. The second kappa shape index (κ2) is 14.9. The lowest BCUT2D eigenvalue weighted by molar-refractivity contribution is 0.0976. The Kier molecular flexibility index (Phi) is 11.2. The van der Waals surface area contributed by atoms with E-state index >= 15 is 0 Å². The molecule has 6 aliphatic carbocycles. The minimum absolute atomic E-state index is 0.984. The first-order chi connectivity index (χ1) is 20.1. The highest BCUT2D eigenvalue weighted by Crippen LogP contribution is 2.52. The molecule has 236 valence electrons. The van der Waals surface area contributed by atoms with Crippen molar-refractivity contribution in [2.75, 3.05) is 0 Å². The molecular formula is C41H72. The van der Waals surface area contributed by atoms with E-state index in [2.05, 4.69) is 20.8 Å². The summed E-state index contributed by atoms with van der Waals surface area (Å²) >= 11 is 0. The summed E-state index contributed by atoms with van der Waals surface area (Å²) in [5.74, 6) is 13.9. The first-order valence-electron chi connectivity index (χ1n) is 20.1. The Morgan fingerprint density at radius 3 is 1.20 bits per heavy atom. The third-order valence-corrected chi connectivity index (χ3v) is 15.0. The fourth-order valence-electron chi connectivity index (χ4n) is 11.8. The zero-order valence-corrected chi connectivity index (χ0v) is 28.2. The van der Waals surface area contributed by atoms with Gasteiger partial charge in [0.25, 0.3) is 0 Å². The fraction of sp³-hybridized carbons (Fsp3) is 1.00. The second-order valence-electron chi connectivity index (χ2n) is 17.7. The molecule has 0 N–H and O–H groups in total. The van der Waals surface area contributed by atoms with Crippen LogP contribution in [-0.4, -0.2) is 0 Å². The van der Waals surface area contributed by atoms with E-state index in [4.69, 9.17) is 0 Å². The quantitative estimate of drug-likeness (QED) is 0.275. The summed E-state index contributed by atoms with van der Waals surface area (Å²) in [7, 11) is 0. The Morgan fingerprint density at radius 1 is 0.341 bits per heavy atom. The maximum absolute atomic E-state index is 2.71. The maximum Gasteiger partial charge on any atom is -0.0329 e. The summed E-state index contributed by atoms with van der Waals surface area (Å²) in [5, 5.41) is 0. The van der Waals surface area contributed by atoms with E-state index in [9.17, 15) is 0 Å². The summed E-state index contributed by atoms with van der Waals surface area (Å²) in [4.78, 5) is 0. The van der Waals surface area contributed by atoms with Gasteiger partial charge in [0, 0.05) is 0 Å². The topological polar surface area (TPSA) is 0 Å². The van der Waals surface area contributed by atoms with E-state index in [1.165, 1.54) is 0 Å². The van der Waals surface area contributed by atoms with Gasteiger partial charge in [0.2, 0.25) is 0 Å². The third-order valence-electron chi connectivity index (χ3n) is 15.0. The molecule has 6 aliphatic rings. The molecule has 6 fully saturated rings. The molecule has 0 spiro atoms. The van der Waals surface area contributed by atoms with Gasteiger partial charge >= 0.3 is 0 Å². The van der Waals surface area contributed by atoms with Crippen molar-refractivity contribution in [3.63, 3.8) is 0 Å². The highest BCUT2D eigenvalue weighted by atomic mass is 14.5.